The number of rotatable bonds is 4. The number of nitriles is 1. The number of nitrogens with zero attached hydrogens (tertiary/aromatic N) is 3. The van der Waals surface area contributed by atoms with Crippen LogP contribution < -0.4 is 15.6 Å². The number of carbonyl (C=O) groups is 2. The number of hydrogen-bond acceptors (Lipinski definition) is 5. The third-order valence-corrected chi connectivity index (χ3v) is 3.27. The normalized spacial score (nSPS) is 10.1. The summed E-state index contributed by atoms with van der Waals surface area (Å²) >= 11 is 0. The van der Waals surface area contributed by atoms with Crippen LogP contribution in [0.1, 0.15) is 11.1 Å². The number of benzene rings is 2. The van der Waals surface area contributed by atoms with Gasteiger partial charge in [0.15, 0.2) is 0 Å². The van der Waals surface area contributed by atoms with Gasteiger partial charge in [-0.15, -0.1) is 0 Å². The molecule has 126 valence electrons. The van der Waals surface area contributed by atoms with Crippen molar-refractivity contribution in [3.63, 3.8) is 0 Å². The quantitative estimate of drug-likeness (QED) is 0.505. The lowest BCUT2D eigenvalue weighted by Crippen LogP contribution is -2.32. The maximum atomic E-state index is 11.8. The lowest BCUT2D eigenvalue weighted by Gasteiger charge is -2.11. The first-order valence-electron chi connectivity index (χ1n) is 7.41. The van der Waals surface area contributed by atoms with E-state index in [2.05, 4.69) is 15.8 Å². The predicted molar refractivity (Wildman–Crippen MR) is 96.3 cm³/mol. The van der Waals surface area contributed by atoms with Crippen LogP contribution in [-0.4, -0.2) is 32.1 Å². The maximum Gasteiger partial charge on any atom is 0.329 e. The molecule has 0 saturated carbocycles. The molecule has 0 aromatic heterocycles. The monoisotopic (exact) mass is 335 g/mol. The molecule has 0 aliphatic carbocycles. The van der Waals surface area contributed by atoms with Gasteiger partial charge in [-0.1, -0.05) is 12.1 Å². The van der Waals surface area contributed by atoms with Crippen LogP contribution in [0.15, 0.2) is 53.6 Å². The van der Waals surface area contributed by atoms with Gasteiger partial charge in [-0.2, -0.15) is 10.4 Å². The van der Waals surface area contributed by atoms with Crippen LogP contribution in [0.25, 0.3) is 0 Å². The highest BCUT2D eigenvalue weighted by molar-refractivity contribution is 6.39. The molecule has 0 heterocycles. The molecular weight excluding hydrogens is 318 g/mol. The highest BCUT2D eigenvalue weighted by Crippen LogP contribution is 2.11. The van der Waals surface area contributed by atoms with Crippen LogP contribution in [0, 0.1) is 11.3 Å². The minimum absolute atomic E-state index is 0.419. The van der Waals surface area contributed by atoms with E-state index in [0.717, 1.165) is 11.3 Å². The van der Waals surface area contributed by atoms with Gasteiger partial charge in [0.25, 0.3) is 0 Å². The second-order valence-corrected chi connectivity index (χ2v) is 5.33. The molecule has 0 fully saturated rings. The van der Waals surface area contributed by atoms with E-state index in [-0.39, 0.29) is 0 Å². The fourth-order valence-corrected chi connectivity index (χ4v) is 1.89. The van der Waals surface area contributed by atoms with Crippen molar-refractivity contribution in [3.05, 3.63) is 59.7 Å². The van der Waals surface area contributed by atoms with Crippen molar-refractivity contribution in [3.8, 4) is 6.07 Å². The Labute approximate surface area is 145 Å². The zero-order valence-electron chi connectivity index (χ0n) is 13.9. The molecule has 0 radical (unpaired) electrons. The Kier molecular flexibility index (Phi) is 5.85. The molecule has 0 bridgehead atoms. The maximum absolute atomic E-state index is 11.8. The molecule has 0 unspecified atom stereocenters. The lowest BCUT2D eigenvalue weighted by molar-refractivity contribution is -0.136. The van der Waals surface area contributed by atoms with Crippen LogP contribution in [0.4, 0.5) is 11.4 Å². The van der Waals surface area contributed by atoms with Crippen LogP contribution in [0.2, 0.25) is 0 Å². The standard InChI is InChI=1S/C18H17N5O2/c1-23(2)16-9-5-14(6-10-16)12-20-22-18(25)17(24)21-15-7-3-13(11-19)4-8-15/h3-10,12H,1-2H3,(H,21,24)(H,22,25)/b20-12+. The van der Waals surface area contributed by atoms with Crippen molar-refractivity contribution >= 4 is 29.4 Å². The number of hydrogen-bond donors (Lipinski definition) is 2. The van der Waals surface area contributed by atoms with Gasteiger partial charge in [-0.3, -0.25) is 9.59 Å². The molecule has 0 aliphatic rings. The summed E-state index contributed by atoms with van der Waals surface area (Å²) in [6, 6.07) is 15.7. The fourth-order valence-electron chi connectivity index (χ4n) is 1.89. The molecule has 2 aromatic carbocycles. The average molecular weight is 335 g/mol. The lowest BCUT2D eigenvalue weighted by atomic mass is 10.2. The van der Waals surface area contributed by atoms with E-state index in [4.69, 9.17) is 5.26 Å². The molecule has 2 N–H and O–H groups in total. The summed E-state index contributed by atoms with van der Waals surface area (Å²) in [6.45, 7) is 0. The molecule has 7 heteroatoms. The van der Waals surface area contributed by atoms with E-state index in [9.17, 15) is 9.59 Å². The summed E-state index contributed by atoms with van der Waals surface area (Å²) in [7, 11) is 3.88. The van der Waals surface area contributed by atoms with Gasteiger partial charge in [0.2, 0.25) is 0 Å². The Morgan fingerprint density at radius 1 is 1.04 bits per heavy atom. The van der Waals surface area contributed by atoms with Crippen molar-refractivity contribution in [2.45, 2.75) is 0 Å². The molecular formula is C18H17N5O2. The van der Waals surface area contributed by atoms with Gasteiger partial charge >= 0.3 is 11.8 Å². The van der Waals surface area contributed by atoms with E-state index in [1.54, 1.807) is 24.3 Å². The summed E-state index contributed by atoms with van der Waals surface area (Å²) in [4.78, 5) is 25.4. The van der Waals surface area contributed by atoms with E-state index in [1.165, 1.54) is 6.21 Å². The summed E-state index contributed by atoms with van der Waals surface area (Å²) in [5.74, 6) is -1.73. The van der Waals surface area contributed by atoms with Gasteiger partial charge in [-0.25, -0.2) is 5.43 Å². The fraction of sp³-hybridized carbons (Fsp3) is 0.111. The Morgan fingerprint density at radius 2 is 1.68 bits per heavy atom. The molecule has 0 atom stereocenters. The van der Waals surface area contributed by atoms with E-state index in [0.29, 0.717) is 11.3 Å². The molecule has 0 saturated heterocycles. The number of nitrogens with one attached hydrogen (secondary N) is 2. The smallest absolute Gasteiger partial charge is 0.329 e. The van der Waals surface area contributed by atoms with Gasteiger partial charge in [0.1, 0.15) is 0 Å². The highest BCUT2D eigenvalue weighted by atomic mass is 16.2. The number of anilines is 2. The minimum Gasteiger partial charge on any atom is -0.378 e. The predicted octanol–water partition coefficient (Wildman–Crippen LogP) is 1.71. The molecule has 2 amide bonds. The van der Waals surface area contributed by atoms with Crippen LogP contribution in [0.3, 0.4) is 0 Å². The summed E-state index contributed by atoms with van der Waals surface area (Å²) < 4.78 is 0. The molecule has 0 spiro atoms. The SMILES string of the molecule is CN(C)c1ccc(/C=N/NC(=O)C(=O)Nc2ccc(C#N)cc2)cc1. The average Bonchev–Trinajstić information content (AvgIpc) is 2.62. The summed E-state index contributed by atoms with van der Waals surface area (Å²) in [5, 5.41) is 14.9. The largest absolute Gasteiger partial charge is 0.378 e. The Bertz CT molecular complexity index is 818. The van der Waals surface area contributed by atoms with E-state index < -0.39 is 11.8 Å². The molecule has 2 aromatic rings. The second kappa shape index (κ2) is 8.26. The molecule has 2 rings (SSSR count). The van der Waals surface area contributed by atoms with Crippen LogP contribution in [-0.2, 0) is 9.59 Å². The summed E-state index contributed by atoms with van der Waals surface area (Å²) in [6.07, 6.45) is 1.45. The minimum atomic E-state index is -0.884. The molecule has 7 nitrogen and oxygen atoms in total. The zero-order valence-corrected chi connectivity index (χ0v) is 13.9. The number of carbonyl (C=O) groups excluding carboxylic acids is 2. The first-order valence-corrected chi connectivity index (χ1v) is 7.41. The second-order valence-electron chi connectivity index (χ2n) is 5.33. The Balaban J connectivity index is 1.88. The third-order valence-electron chi connectivity index (χ3n) is 3.27. The summed E-state index contributed by atoms with van der Waals surface area (Å²) in [5.41, 5.74) is 4.89. The van der Waals surface area contributed by atoms with Crippen LogP contribution >= 0.6 is 0 Å². The third kappa shape index (κ3) is 5.18. The number of amides is 2. The first kappa shape index (κ1) is 17.7. The van der Waals surface area contributed by atoms with Gasteiger partial charge in [0.05, 0.1) is 17.8 Å². The van der Waals surface area contributed by atoms with Crippen molar-refractivity contribution in [1.82, 2.24) is 5.43 Å². The van der Waals surface area contributed by atoms with Gasteiger partial charge in [-0.05, 0) is 42.0 Å². The van der Waals surface area contributed by atoms with Crippen molar-refractivity contribution in [2.75, 3.05) is 24.3 Å². The van der Waals surface area contributed by atoms with Crippen molar-refractivity contribution in [1.29, 1.82) is 5.26 Å². The molecule has 0 aliphatic heterocycles. The topological polar surface area (TPSA) is 97.6 Å². The van der Waals surface area contributed by atoms with E-state index in [1.807, 2.05) is 49.3 Å². The van der Waals surface area contributed by atoms with Crippen molar-refractivity contribution in [2.24, 2.45) is 5.10 Å². The number of hydrazone groups is 1. The van der Waals surface area contributed by atoms with E-state index >= 15 is 0 Å². The van der Waals surface area contributed by atoms with Crippen LogP contribution in [0.5, 0.6) is 0 Å². The highest BCUT2D eigenvalue weighted by Gasteiger charge is 2.12. The molecule has 25 heavy (non-hydrogen) atoms. The zero-order chi connectivity index (χ0) is 18.2. The Hall–Kier alpha value is -3.66. The first-order chi connectivity index (χ1) is 12.0. The van der Waals surface area contributed by atoms with Gasteiger partial charge in [0, 0.05) is 25.5 Å². The van der Waals surface area contributed by atoms with Crippen molar-refractivity contribution < 1.29 is 9.59 Å². The van der Waals surface area contributed by atoms with Gasteiger partial charge < -0.3 is 10.2 Å². The Morgan fingerprint density at radius 3 is 2.24 bits per heavy atom.